The van der Waals surface area contributed by atoms with Gasteiger partial charge in [-0.25, -0.2) is 0 Å². The normalized spacial score (nSPS) is 11.2. The van der Waals surface area contributed by atoms with Crippen molar-refractivity contribution in [2.75, 3.05) is 11.9 Å². The van der Waals surface area contributed by atoms with E-state index >= 15 is 0 Å². The van der Waals surface area contributed by atoms with E-state index in [4.69, 9.17) is 9.47 Å². The average Bonchev–Trinajstić information content (AvgIpc) is 2.48. The summed E-state index contributed by atoms with van der Waals surface area (Å²) in [6.45, 7) is 5.00. The lowest BCUT2D eigenvalue weighted by atomic mass is 9.98. The second kappa shape index (κ2) is 6.80. The third-order valence-corrected chi connectivity index (χ3v) is 4.31. The van der Waals surface area contributed by atoms with Crippen LogP contribution in [0.1, 0.15) is 13.8 Å². The molecule has 0 bridgehead atoms. The van der Waals surface area contributed by atoms with Crippen LogP contribution in [0.15, 0.2) is 54.6 Å². The minimum atomic E-state index is 0.124. The van der Waals surface area contributed by atoms with Crippen LogP contribution in [0.4, 0.5) is 0 Å². The van der Waals surface area contributed by atoms with E-state index in [2.05, 4.69) is 29.8 Å². The van der Waals surface area contributed by atoms with Crippen molar-refractivity contribution >= 4 is 15.9 Å². The molecule has 0 spiro atoms. The molecule has 0 fully saturated rings. The molecule has 0 heterocycles. The summed E-state index contributed by atoms with van der Waals surface area (Å²) in [4.78, 5) is 0. The molecular weight excluding hydrogens is 316 g/mol. The molecule has 0 aliphatic rings. The van der Waals surface area contributed by atoms with Gasteiger partial charge in [0, 0.05) is 10.7 Å². The van der Waals surface area contributed by atoms with Crippen LogP contribution >= 0.6 is 15.9 Å². The molecule has 0 aliphatic carbocycles. The summed E-state index contributed by atoms with van der Waals surface area (Å²) in [7, 11) is 0. The second-order valence-corrected chi connectivity index (χ2v) is 6.03. The van der Waals surface area contributed by atoms with E-state index in [-0.39, 0.29) is 5.41 Å². The Morgan fingerprint density at radius 1 is 0.850 bits per heavy atom. The standard InChI is InChI=1S/C17H19BrO2/c1-17(2,12-18)13-19-14-8-10-16(11-9-14)20-15-6-4-3-5-7-15/h3-11H,12-13H2,1-2H3. The van der Waals surface area contributed by atoms with E-state index < -0.39 is 0 Å². The van der Waals surface area contributed by atoms with Crippen molar-refractivity contribution in [3.63, 3.8) is 0 Å². The van der Waals surface area contributed by atoms with Crippen LogP contribution in [0.25, 0.3) is 0 Å². The quantitative estimate of drug-likeness (QED) is 0.669. The number of halogens is 1. The molecule has 0 saturated heterocycles. The number of para-hydroxylation sites is 1. The van der Waals surface area contributed by atoms with Crippen molar-refractivity contribution < 1.29 is 9.47 Å². The molecule has 0 radical (unpaired) electrons. The Labute approximate surface area is 128 Å². The van der Waals surface area contributed by atoms with Gasteiger partial charge >= 0.3 is 0 Å². The van der Waals surface area contributed by atoms with Crippen molar-refractivity contribution in [2.24, 2.45) is 5.41 Å². The highest BCUT2D eigenvalue weighted by atomic mass is 79.9. The summed E-state index contributed by atoms with van der Waals surface area (Å²) in [5.74, 6) is 2.50. The van der Waals surface area contributed by atoms with E-state index in [0.717, 1.165) is 22.6 Å². The molecule has 0 saturated carbocycles. The van der Waals surface area contributed by atoms with Gasteiger partial charge in [-0.3, -0.25) is 0 Å². The van der Waals surface area contributed by atoms with Gasteiger partial charge in [0.1, 0.15) is 17.2 Å². The minimum absolute atomic E-state index is 0.124. The molecule has 0 atom stereocenters. The number of rotatable bonds is 6. The van der Waals surface area contributed by atoms with Crippen LogP contribution < -0.4 is 9.47 Å². The van der Waals surface area contributed by atoms with E-state index in [9.17, 15) is 0 Å². The molecule has 20 heavy (non-hydrogen) atoms. The Morgan fingerprint density at radius 2 is 1.40 bits per heavy atom. The van der Waals surface area contributed by atoms with Gasteiger partial charge in [-0.2, -0.15) is 0 Å². The Balaban J connectivity index is 1.93. The van der Waals surface area contributed by atoms with Crippen LogP contribution in [-0.2, 0) is 0 Å². The van der Waals surface area contributed by atoms with Gasteiger partial charge in [0.05, 0.1) is 6.61 Å². The summed E-state index contributed by atoms with van der Waals surface area (Å²) in [6, 6.07) is 17.4. The lowest BCUT2D eigenvalue weighted by Gasteiger charge is -2.21. The first-order valence-electron chi connectivity index (χ1n) is 6.61. The predicted octanol–water partition coefficient (Wildman–Crippen LogP) is 5.28. The Kier molecular flexibility index (Phi) is 5.07. The summed E-state index contributed by atoms with van der Waals surface area (Å²) >= 11 is 3.49. The number of benzene rings is 2. The summed E-state index contributed by atoms with van der Waals surface area (Å²) in [5.41, 5.74) is 0.124. The number of hydrogen-bond donors (Lipinski definition) is 0. The number of hydrogen-bond acceptors (Lipinski definition) is 2. The monoisotopic (exact) mass is 334 g/mol. The van der Waals surface area contributed by atoms with Gasteiger partial charge < -0.3 is 9.47 Å². The fourth-order valence-corrected chi connectivity index (χ4v) is 1.71. The molecule has 0 aromatic heterocycles. The first kappa shape index (κ1) is 14.9. The third-order valence-electron chi connectivity index (χ3n) is 2.79. The maximum absolute atomic E-state index is 5.78. The van der Waals surface area contributed by atoms with Crippen molar-refractivity contribution in [2.45, 2.75) is 13.8 Å². The lowest BCUT2D eigenvalue weighted by molar-refractivity contribution is 0.203. The molecule has 0 unspecified atom stereocenters. The van der Waals surface area contributed by atoms with E-state index in [1.54, 1.807) is 0 Å². The van der Waals surface area contributed by atoms with Gasteiger partial charge in [0.25, 0.3) is 0 Å². The van der Waals surface area contributed by atoms with Crippen LogP contribution in [0.2, 0.25) is 0 Å². The van der Waals surface area contributed by atoms with Crippen molar-refractivity contribution in [3.8, 4) is 17.2 Å². The van der Waals surface area contributed by atoms with Crippen molar-refractivity contribution in [3.05, 3.63) is 54.6 Å². The van der Waals surface area contributed by atoms with E-state index in [1.807, 2.05) is 54.6 Å². The number of alkyl halides is 1. The fraction of sp³-hybridized carbons (Fsp3) is 0.294. The van der Waals surface area contributed by atoms with E-state index in [0.29, 0.717) is 6.61 Å². The molecule has 2 aromatic carbocycles. The molecule has 0 aliphatic heterocycles. The Morgan fingerprint density at radius 3 is 2.00 bits per heavy atom. The van der Waals surface area contributed by atoms with E-state index in [1.165, 1.54) is 0 Å². The average molecular weight is 335 g/mol. The van der Waals surface area contributed by atoms with Crippen LogP contribution in [-0.4, -0.2) is 11.9 Å². The molecular formula is C17H19BrO2. The van der Waals surface area contributed by atoms with Crippen LogP contribution in [0, 0.1) is 5.41 Å². The second-order valence-electron chi connectivity index (χ2n) is 5.47. The minimum Gasteiger partial charge on any atom is -0.493 e. The highest BCUT2D eigenvalue weighted by molar-refractivity contribution is 9.09. The van der Waals surface area contributed by atoms with Crippen molar-refractivity contribution in [1.82, 2.24) is 0 Å². The largest absolute Gasteiger partial charge is 0.493 e. The molecule has 2 nitrogen and oxygen atoms in total. The maximum atomic E-state index is 5.78. The lowest BCUT2D eigenvalue weighted by Crippen LogP contribution is -2.22. The highest BCUT2D eigenvalue weighted by Gasteiger charge is 2.16. The highest BCUT2D eigenvalue weighted by Crippen LogP contribution is 2.25. The van der Waals surface area contributed by atoms with Crippen molar-refractivity contribution in [1.29, 1.82) is 0 Å². The summed E-state index contributed by atoms with van der Waals surface area (Å²) in [6.07, 6.45) is 0. The topological polar surface area (TPSA) is 18.5 Å². The zero-order valence-corrected chi connectivity index (χ0v) is 13.4. The predicted molar refractivity (Wildman–Crippen MR) is 86.0 cm³/mol. The van der Waals surface area contributed by atoms with Gasteiger partial charge in [-0.05, 0) is 36.4 Å². The Bertz CT molecular complexity index is 520. The molecule has 106 valence electrons. The summed E-state index contributed by atoms with van der Waals surface area (Å²) in [5, 5.41) is 0.912. The van der Waals surface area contributed by atoms with Gasteiger partial charge in [-0.1, -0.05) is 48.0 Å². The van der Waals surface area contributed by atoms with Gasteiger partial charge in [0.15, 0.2) is 0 Å². The Hall–Kier alpha value is -1.48. The molecule has 2 aromatic rings. The fourth-order valence-electron chi connectivity index (χ4n) is 1.55. The van der Waals surface area contributed by atoms with Gasteiger partial charge in [-0.15, -0.1) is 0 Å². The third kappa shape index (κ3) is 4.57. The zero-order valence-electron chi connectivity index (χ0n) is 11.8. The first-order valence-corrected chi connectivity index (χ1v) is 7.73. The maximum Gasteiger partial charge on any atom is 0.127 e. The van der Waals surface area contributed by atoms with Gasteiger partial charge in [0.2, 0.25) is 0 Å². The zero-order chi connectivity index (χ0) is 14.4. The van der Waals surface area contributed by atoms with Crippen LogP contribution in [0.3, 0.4) is 0 Å². The number of ether oxygens (including phenoxy) is 2. The smallest absolute Gasteiger partial charge is 0.127 e. The summed E-state index contributed by atoms with van der Waals surface area (Å²) < 4.78 is 11.5. The molecule has 2 rings (SSSR count). The van der Waals surface area contributed by atoms with Crippen LogP contribution in [0.5, 0.6) is 17.2 Å². The molecule has 0 N–H and O–H groups in total. The SMILES string of the molecule is CC(C)(CBr)COc1ccc(Oc2ccccc2)cc1. The molecule has 3 heteroatoms. The first-order chi connectivity index (χ1) is 9.59. The molecule has 0 amide bonds.